The van der Waals surface area contributed by atoms with Crippen molar-refractivity contribution in [1.82, 2.24) is 10.1 Å². The molecular formula is C19H15ClN2O4. The SMILES string of the molecule is COC(=O)c1ccc(/C=C(\Cl)c2nc(-c3ccccc3OC)no2)cc1. The van der Waals surface area contributed by atoms with E-state index < -0.39 is 5.97 Å². The van der Waals surface area contributed by atoms with Crippen LogP contribution in [-0.4, -0.2) is 30.3 Å². The molecule has 6 nitrogen and oxygen atoms in total. The van der Waals surface area contributed by atoms with Gasteiger partial charge in [0.05, 0.1) is 25.3 Å². The van der Waals surface area contributed by atoms with Crippen LogP contribution in [0.4, 0.5) is 0 Å². The molecule has 0 N–H and O–H groups in total. The fraction of sp³-hybridized carbons (Fsp3) is 0.105. The lowest BCUT2D eigenvalue weighted by molar-refractivity contribution is 0.0600. The molecule has 0 saturated heterocycles. The topological polar surface area (TPSA) is 74.5 Å². The van der Waals surface area contributed by atoms with Crippen molar-refractivity contribution in [1.29, 1.82) is 0 Å². The summed E-state index contributed by atoms with van der Waals surface area (Å²) >= 11 is 6.29. The molecule has 1 heterocycles. The van der Waals surface area contributed by atoms with E-state index in [1.165, 1.54) is 7.11 Å². The van der Waals surface area contributed by atoms with Gasteiger partial charge in [0.25, 0.3) is 5.89 Å². The summed E-state index contributed by atoms with van der Waals surface area (Å²) in [5.74, 6) is 0.804. The lowest BCUT2D eigenvalue weighted by atomic mass is 10.1. The van der Waals surface area contributed by atoms with Gasteiger partial charge < -0.3 is 14.0 Å². The second-order valence-corrected chi connectivity index (χ2v) is 5.64. The molecule has 0 atom stereocenters. The molecule has 0 aliphatic carbocycles. The molecule has 0 amide bonds. The van der Waals surface area contributed by atoms with Crippen LogP contribution in [-0.2, 0) is 4.74 Å². The number of halogens is 1. The molecule has 3 aromatic rings. The van der Waals surface area contributed by atoms with Crippen LogP contribution in [0.5, 0.6) is 5.75 Å². The molecule has 0 unspecified atom stereocenters. The van der Waals surface area contributed by atoms with Gasteiger partial charge in [-0.25, -0.2) is 4.79 Å². The van der Waals surface area contributed by atoms with Crippen LogP contribution in [0, 0.1) is 0 Å². The average molecular weight is 371 g/mol. The number of methoxy groups -OCH3 is 2. The number of aromatic nitrogens is 2. The number of hydrogen-bond donors (Lipinski definition) is 0. The molecule has 0 spiro atoms. The lowest BCUT2D eigenvalue weighted by Gasteiger charge is -2.03. The molecule has 0 aliphatic heterocycles. The number of carbonyl (C=O) groups is 1. The highest BCUT2D eigenvalue weighted by Crippen LogP contribution is 2.29. The minimum absolute atomic E-state index is 0.185. The third kappa shape index (κ3) is 3.75. The standard InChI is InChI=1S/C19H15ClN2O4/c1-24-16-6-4-3-5-14(16)17-21-18(26-22-17)15(20)11-12-7-9-13(10-8-12)19(23)25-2/h3-11H,1-2H3/b15-11-. The van der Waals surface area contributed by atoms with Crippen LogP contribution in [0.1, 0.15) is 21.8 Å². The zero-order valence-electron chi connectivity index (χ0n) is 14.1. The summed E-state index contributed by atoms with van der Waals surface area (Å²) in [5.41, 5.74) is 1.94. The average Bonchev–Trinajstić information content (AvgIpc) is 3.18. The Bertz CT molecular complexity index is 948. The largest absolute Gasteiger partial charge is 0.496 e. The van der Waals surface area contributed by atoms with Crippen molar-refractivity contribution in [2.75, 3.05) is 14.2 Å². The summed E-state index contributed by atoms with van der Waals surface area (Å²) in [6.07, 6.45) is 1.67. The molecule has 3 rings (SSSR count). The molecule has 0 radical (unpaired) electrons. The molecule has 0 bridgehead atoms. The van der Waals surface area contributed by atoms with Crippen molar-refractivity contribution < 1.29 is 18.8 Å². The predicted molar refractivity (Wildman–Crippen MR) is 97.8 cm³/mol. The Morgan fingerprint density at radius 1 is 1.12 bits per heavy atom. The maximum Gasteiger partial charge on any atom is 0.337 e. The molecule has 132 valence electrons. The fourth-order valence-corrected chi connectivity index (χ4v) is 2.50. The third-order valence-corrected chi connectivity index (χ3v) is 3.87. The second-order valence-electron chi connectivity index (χ2n) is 5.23. The first-order chi connectivity index (χ1) is 12.6. The van der Waals surface area contributed by atoms with Crippen molar-refractivity contribution in [3.8, 4) is 17.1 Å². The maximum absolute atomic E-state index is 11.5. The Morgan fingerprint density at radius 2 is 1.85 bits per heavy atom. The smallest absolute Gasteiger partial charge is 0.337 e. The summed E-state index contributed by atoms with van der Waals surface area (Å²) in [4.78, 5) is 15.8. The lowest BCUT2D eigenvalue weighted by Crippen LogP contribution is -2.00. The van der Waals surface area contributed by atoms with Crippen molar-refractivity contribution in [3.05, 3.63) is 65.5 Å². The van der Waals surface area contributed by atoms with E-state index in [1.807, 2.05) is 24.3 Å². The van der Waals surface area contributed by atoms with Gasteiger partial charge in [-0.3, -0.25) is 0 Å². The predicted octanol–water partition coefficient (Wildman–Crippen LogP) is 4.27. The van der Waals surface area contributed by atoms with Crippen LogP contribution in [0.25, 0.3) is 22.5 Å². The molecule has 2 aromatic carbocycles. The monoisotopic (exact) mass is 370 g/mol. The zero-order chi connectivity index (χ0) is 18.5. The Morgan fingerprint density at radius 3 is 2.54 bits per heavy atom. The Labute approximate surface area is 155 Å². The van der Waals surface area contributed by atoms with Crippen LogP contribution >= 0.6 is 11.6 Å². The Balaban J connectivity index is 1.84. The van der Waals surface area contributed by atoms with Crippen LogP contribution in [0.2, 0.25) is 0 Å². The van der Waals surface area contributed by atoms with Gasteiger partial charge in [0.1, 0.15) is 10.8 Å². The van der Waals surface area contributed by atoms with E-state index in [2.05, 4.69) is 14.9 Å². The molecule has 0 fully saturated rings. The van der Waals surface area contributed by atoms with Gasteiger partial charge >= 0.3 is 5.97 Å². The number of rotatable bonds is 5. The summed E-state index contributed by atoms with van der Waals surface area (Å²) in [6.45, 7) is 0. The van der Waals surface area contributed by atoms with Crippen molar-refractivity contribution in [3.63, 3.8) is 0 Å². The highest BCUT2D eigenvalue weighted by atomic mass is 35.5. The van der Waals surface area contributed by atoms with E-state index in [0.717, 1.165) is 5.56 Å². The van der Waals surface area contributed by atoms with Crippen LogP contribution < -0.4 is 4.74 Å². The van der Waals surface area contributed by atoms with Crippen molar-refractivity contribution in [2.24, 2.45) is 0 Å². The zero-order valence-corrected chi connectivity index (χ0v) is 14.9. The van der Waals surface area contributed by atoms with E-state index in [-0.39, 0.29) is 10.9 Å². The van der Waals surface area contributed by atoms with Gasteiger partial charge in [0.15, 0.2) is 0 Å². The maximum atomic E-state index is 11.5. The number of carbonyl (C=O) groups excluding carboxylic acids is 1. The number of benzene rings is 2. The minimum atomic E-state index is -0.398. The summed E-state index contributed by atoms with van der Waals surface area (Å²) < 4.78 is 15.2. The molecule has 26 heavy (non-hydrogen) atoms. The molecule has 1 aromatic heterocycles. The van der Waals surface area contributed by atoms with Crippen LogP contribution in [0.15, 0.2) is 53.1 Å². The molecule has 0 aliphatic rings. The third-order valence-electron chi connectivity index (χ3n) is 3.60. The van der Waals surface area contributed by atoms with Crippen molar-refractivity contribution >= 4 is 28.7 Å². The number of para-hydroxylation sites is 1. The Kier molecular flexibility index (Phi) is 5.34. The first-order valence-electron chi connectivity index (χ1n) is 7.65. The summed E-state index contributed by atoms with van der Waals surface area (Å²) in [7, 11) is 2.91. The Hall–Kier alpha value is -3.12. The quantitative estimate of drug-likeness (QED) is 0.624. The van der Waals surface area contributed by atoms with Gasteiger partial charge in [-0.15, -0.1) is 0 Å². The van der Waals surface area contributed by atoms with E-state index >= 15 is 0 Å². The molecular weight excluding hydrogens is 356 g/mol. The van der Waals surface area contributed by atoms with E-state index in [9.17, 15) is 4.79 Å². The highest BCUT2D eigenvalue weighted by molar-refractivity contribution is 6.50. The first kappa shape index (κ1) is 17.7. The van der Waals surface area contributed by atoms with Gasteiger partial charge in [-0.05, 0) is 35.9 Å². The highest BCUT2D eigenvalue weighted by Gasteiger charge is 2.14. The van der Waals surface area contributed by atoms with Gasteiger partial charge in [0.2, 0.25) is 5.82 Å². The number of hydrogen-bond acceptors (Lipinski definition) is 6. The fourth-order valence-electron chi connectivity index (χ4n) is 2.30. The van der Waals surface area contributed by atoms with Gasteiger partial charge in [0, 0.05) is 0 Å². The number of ether oxygens (including phenoxy) is 2. The van der Waals surface area contributed by atoms with E-state index in [0.29, 0.717) is 22.7 Å². The van der Waals surface area contributed by atoms with Crippen molar-refractivity contribution in [2.45, 2.75) is 0 Å². The van der Waals surface area contributed by atoms with Crippen LogP contribution in [0.3, 0.4) is 0 Å². The summed E-state index contributed by atoms with van der Waals surface area (Å²) in [6, 6.07) is 14.1. The minimum Gasteiger partial charge on any atom is -0.496 e. The molecule has 7 heteroatoms. The normalized spacial score (nSPS) is 11.3. The second kappa shape index (κ2) is 7.84. The van der Waals surface area contributed by atoms with E-state index in [4.69, 9.17) is 20.9 Å². The first-order valence-corrected chi connectivity index (χ1v) is 8.03. The summed E-state index contributed by atoms with van der Waals surface area (Å²) in [5, 5.41) is 4.24. The molecule has 0 saturated carbocycles. The number of esters is 1. The van der Waals surface area contributed by atoms with Gasteiger partial charge in [-0.1, -0.05) is 41.0 Å². The van der Waals surface area contributed by atoms with E-state index in [1.54, 1.807) is 37.5 Å². The number of nitrogens with zero attached hydrogens (tertiary/aromatic N) is 2. The van der Waals surface area contributed by atoms with Gasteiger partial charge in [-0.2, -0.15) is 4.98 Å².